The second-order valence-electron chi connectivity index (χ2n) is 11.1. The molecule has 0 aromatic heterocycles. The number of barbiturate groups is 1. The van der Waals surface area contributed by atoms with Gasteiger partial charge < -0.3 is 28.4 Å². The Bertz CT molecular complexity index is 1860. The van der Waals surface area contributed by atoms with Crippen molar-refractivity contribution in [1.82, 2.24) is 5.32 Å². The largest absolute Gasteiger partial charge is 0.493 e. The van der Waals surface area contributed by atoms with Crippen LogP contribution in [0.1, 0.15) is 43.9 Å². The van der Waals surface area contributed by atoms with Crippen molar-refractivity contribution in [2.45, 2.75) is 40.4 Å². The van der Waals surface area contributed by atoms with Crippen LogP contribution in [0, 0.1) is 0 Å². The van der Waals surface area contributed by atoms with Gasteiger partial charge in [-0.05, 0) is 79.4 Å². The van der Waals surface area contributed by atoms with Crippen LogP contribution < -0.4 is 38.6 Å². The summed E-state index contributed by atoms with van der Waals surface area (Å²) in [4.78, 5) is 40.3. The Hall–Kier alpha value is -5.97. The summed E-state index contributed by atoms with van der Waals surface area (Å²) in [7, 11) is 1.58. The molecule has 0 bridgehead atoms. The lowest BCUT2D eigenvalue weighted by atomic mass is 10.1. The summed E-state index contributed by atoms with van der Waals surface area (Å²) in [5.74, 6) is 1.33. The maximum Gasteiger partial charge on any atom is 0.335 e. The number of nitrogens with zero attached hydrogens (tertiary/aromatic N) is 1. The fraction of sp³-hybridized carbons (Fsp3) is 0.256. The Kier molecular flexibility index (Phi) is 12.0. The van der Waals surface area contributed by atoms with Crippen molar-refractivity contribution in [1.29, 1.82) is 0 Å². The number of anilines is 1. The molecule has 1 aliphatic rings. The van der Waals surface area contributed by atoms with E-state index in [1.54, 1.807) is 43.5 Å². The van der Waals surface area contributed by atoms with Gasteiger partial charge in [0.15, 0.2) is 34.5 Å². The van der Waals surface area contributed by atoms with Gasteiger partial charge >= 0.3 is 6.03 Å². The minimum atomic E-state index is -0.868. The highest BCUT2D eigenvalue weighted by Crippen LogP contribution is 2.35. The molecule has 0 spiro atoms. The highest BCUT2D eigenvalue weighted by atomic mass is 16.5. The first-order chi connectivity index (χ1) is 24.3. The molecular formula is C39H40N2O9. The first-order valence-corrected chi connectivity index (χ1v) is 16.4. The van der Waals surface area contributed by atoms with Gasteiger partial charge in [-0.15, -0.1) is 0 Å². The Balaban J connectivity index is 1.33. The molecule has 0 saturated carbocycles. The lowest BCUT2D eigenvalue weighted by Gasteiger charge is -2.27. The smallest absolute Gasteiger partial charge is 0.335 e. The van der Waals surface area contributed by atoms with Crippen molar-refractivity contribution in [3.05, 3.63) is 107 Å². The van der Waals surface area contributed by atoms with Gasteiger partial charge in [-0.1, -0.05) is 49.4 Å². The van der Waals surface area contributed by atoms with Crippen LogP contribution in [0.2, 0.25) is 0 Å². The van der Waals surface area contributed by atoms with Gasteiger partial charge in [0.1, 0.15) is 18.8 Å². The van der Waals surface area contributed by atoms with E-state index in [1.807, 2.05) is 69.3 Å². The van der Waals surface area contributed by atoms with Crippen molar-refractivity contribution in [3.8, 4) is 34.5 Å². The third-order valence-electron chi connectivity index (χ3n) is 7.49. The molecule has 0 atom stereocenters. The number of methoxy groups -OCH3 is 1. The molecule has 5 rings (SSSR count). The molecular weight excluding hydrogens is 640 g/mol. The van der Waals surface area contributed by atoms with Crippen LogP contribution in [-0.2, 0) is 22.8 Å². The average molecular weight is 681 g/mol. The van der Waals surface area contributed by atoms with E-state index in [-0.39, 0.29) is 17.9 Å². The number of rotatable bonds is 16. The zero-order valence-corrected chi connectivity index (χ0v) is 28.5. The normalized spacial score (nSPS) is 13.6. The van der Waals surface area contributed by atoms with E-state index >= 15 is 0 Å². The third-order valence-corrected chi connectivity index (χ3v) is 7.49. The fourth-order valence-corrected chi connectivity index (χ4v) is 5.11. The third kappa shape index (κ3) is 8.54. The van der Waals surface area contributed by atoms with Crippen LogP contribution in [-0.4, -0.2) is 44.8 Å². The van der Waals surface area contributed by atoms with Crippen LogP contribution in [0.3, 0.4) is 0 Å². The molecule has 0 radical (unpaired) electrons. The molecule has 50 heavy (non-hydrogen) atoms. The van der Waals surface area contributed by atoms with E-state index in [0.29, 0.717) is 66.5 Å². The molecule has 0 unspecified atom stereocenters. The summed E-state index contributed by atoms with van der Waals surface area (Å²) in [6, 6.07) is 24.4. The van der Waals surface area contributed by atoms with Crippen LogP contribution in [0.15, 0.2) is 90.5 Å². The van der Waals surface area contributed by atoms with Crippen LogP contribution in [0.5, 0.6) is 34.5 Å². The Morgan fingerprint density at radius 1 is 0.640 bits per heavy atom. The quantitative estimate of drug-likeness (QED) is 0.0975. The van der Waals surface area contributed by atoms with Gasteiger partial charge in [-0.25, -0.2) is 9.69 Å². The van der Waals surface area contributed by atoms with Crippen molar-refractivity contribution < 1.29 is 42.8 Å². The van der Waals surface area contributed by atoms with Crippen LogP contribution in [0.4, 0.5) is 10.5 Å². The first-order valence-electron chi connectivity index (χ1n) is 16.4. The molecule has 1 N–H and O–H groups in total. The zero-order chi connectivity index (χ0) is 35.5. The van der Waals surface area contributed by atoms with E-state index in [2.05, 4.69) is 5.32 Å². The number of amides is 4. The molecule has 1 heterocycles. The SMILES string of the molecule is CCCOc1ccc(N2C(=O)NC(=O)/C(=C\c3ccc(OCc4ccc(OCc5ccccc5)c(OC)c4)c(OCC)c3)C2=O)cc1OCC. The van der Waals surface area contributed by atoms with E-state index in [0.717, 1.165) is 22.4 Å². The number of nitrogens with one attached hydrogen (secondary N) is 1. The first kappa shape index (κ1) is 35.3. The molecule has 1 aliphatic heterocycles. The van der Waals surface area contributed by atoms with E-state index < -0.39 is 17.8 Å². The summed E-state index contributed by atoms with van der Waals surface area (Å²) < 4.78 is 35.0. The number of ether oxygens (including phenoxy) is 6. The molecule has 1 fully saturated rings. The number of carbonyl (C=O) groups excluding carboxylic acids is 3. The van der Waals surface area contributed by atoms with E-state index in [1.165, 1.54) is 6.08 Å². The topological polar surface area (TPSA) is 122 Å². The number of hydrogen-bond donors (Lipinski definition) is 1. The molecule has 11 heteroatoms. The van der Waals surface area contributed by atoms with Gasteiger partial charge in [0.25, 0.3) is 11.8 Å². The van der Waals surface area contributed by atoms with Gasteiger partial charge in [-0.3, -0.25) is 14.9 Å². The zero-order valence-electron chi connectivity index (χ0n) is 28.5. The number of benzene rings is 4. The summed E-state index contributed by atoms with van der Waals surface area (Å²) in [5.41, 5.74) is 2.38. The number of urea groups is 1. The van der Waals surface area contributed by atoms with Gasteiger partial charge in [-0.2, -0.15) is 0 Å². The van der Waals surface area contributed by atoms with Crippen LogP contribution in [0.25, 0.3) is 6.08 Å². The van der Waals surface area contributed by atoms with Crippen molar-refractivity contribution in [3.63, 3.8) is 0 Å². The van der Waals surface area contributed by atoms with Gasteiger partial charge in [0, 0.05) is 6.07 Å². The van der Waals surface area contributed by atoms with Gasteiger partial charge in [0.2, 0.25) is 0 Å². The highest BCUT2D eigenvalue weighted by molar-refractivity contribution is 6.39. The molecule has 1 saturated heterocycles. The molecule has 4 amide bonds. The van der Waals surface area contributed by atoms with Crippen molar-refractivity contribution >= 4 is 29.6 Å². The maximum absolute atomic E-state index is 13.6. The lowest BCUT2D eigenvalue weighted by molar-refractivity contribution is -0.122. The standard InChI is InChI=1S/C39H40N2O9/c1-5-19-48-32-18-15-29(23-36(32)47-7-3)41-38(43)30(37(42)40-39(41)44)20-27-13-16-33(35(21-27)46-6-2)50-25-28-14-17-31(34(22-28)45-4)49-24-26-11-9-8-10-12-26/h8-18,20-23H,5-7,19,24-25H2,1-4H3,(H,40,42,44)/b30-20+. The summed E-state index contributed by atoms with van der Waals surface area (Å²) >= 11 is 0. The molecule has 0 aliphatic carbocycles. The van der Waals surface area contributed by atoms with Crippen LogP contribution >= 0.6 is 0 Å². The number of imide groups is 2. The van der Waals surface area contributed by atoms with Crippen molar-refractivity contribution in [2.24, 2.45) is 0 Å². The minimum Gasteiger partial charge on any atom is -0.493 e. The maximum atomic E-state index is 13.6. The Morgan fingerprint density at radius 2 is 1.28 bits per heavy atom. The Morgan fingerprint density at radius 3 is 1.98 bits per heavy atom. The van der Waals surface area contributed by atoms with Crippen molar-refractivity contribution in [2.75, 3.05) is 31.8 Å². The summed E-state index contributed by atoms with van der Waals surface area (Å²) in [6.07, 6.45) is 2.20. The predicted octanol–water partition coefficient (Wildman–Crippen LogP) is 7.11. The fourth-order valence-electron chi connectivity index (χ4n) is 5.11. The Labute approximate surface area is 291 Å². The molecule has 11 nitrogen and oxygen atoms in total. The second-order valence-corrected chi connectivity index (χ2v) is 11.1. The van der Waals surface area contributed by atoms with E-state index in [4.69, 9.17) is 28.4 Å². The monoisotopic (exact) mass is 680 g/mol. The number of hydrogen-bond acceptors (Lipinski definition) is 9. The molecule has 4 aromatic carbocycles. The second kappa shape index (κ2) is 16.9. The van der Waals surface area contributed by atoms with Gasteiger partial charge in [0.05, 0.1) is 32.6 Å². The number of carbonyl (C=O) groups is 3. The summed E-state index contributed by atoms with van der Waals surface area (Å²) in [6.45, 7) is 7.43. The molecule has 4 aromatic rings. The predicted molar refractivity (Wildman–Crippen MR) is 188 cm³/mol. The summed E-state index contributed by atoms with van der Waals surface area (Å²) in [5, 5.41) is 2.26. The van der Waals surface area contributed by atoms with E-state index in [9.17, 15) is 14.4 Å². The average Bonchev–Trinajstić information content (AvgIpc) is 3.12. The highest BCUT2D eigenvalue weighted by Gasteiger charge is 2.37. The minimum absolute atomic E-state index is 0.208. The lowest BCUT2D eigenvalue weighted by Crippen LogP contribution is -2.54. The molecule has 260 valence electrons.